The molecule has 0 radical (unpaired) electrons. The van der Waals surface area contributed by atoms with Gasteiger partial charge >= 0.3 is 12.1 Å². The number of hydrogen-bond acceptors (Lipinski definition) is 7. The van der Waals surface area contributed by atoms with Crippen LogP contribution in [-0.2, 0) is 11.3 Å². The largest absolute Gasteiger partial charge is 0.494 e. The third kappa shape index (κ3) is 8.96. The summed E-state index contributed by atoms with van der Waals surface area (Å²) in [5, 5.41) is 14.8. The number of oxazole rings is 1. The highest BCUT2D eigenvalue weighted by Gasteiger charge is 2.38. The number of nitrogens with one attached hydrogen (secondary N) is 1. The minimum atomic E-state index is -5.08. The van der Waals surface area contributed by atoms with E-state index in [0.717, 1.165) is 5.56 Å². The number of carboxylic acid groups (broad SMARTS) is 1. The highest BCUT2D eigenvalue weighted by molar-refractivity contribution is 5.95. The molecule has 0 saturated carbocycles. The summed E-state index contributed by atoms with van der Waals surface area (Å²) in [6.07, 6.45) is -3.66. The topological polar surface area (TPSA) is 135 Å². The van der Waals surface area contributed by atoms with Gasteiger partial charge in [0.25, 0.3) is 0 Å². The zero-order valence-corrected chi connectivity index (χ0v) is 23.5. The van der Waals surface area contributed by atoms with Crippen LogP contribution in [-0.4, -0.2) is 40.8 Å². The van der Waals surface area contributed by atoms with Gasteiger partial charge in [0.1, 0.15) is 11.6 Å². The number of nitrogens with zero attached hydrogens (tertiary/aromatic N) is 2. The second-order valence-corrected chi connectivity index (χ2v) is 9.19. The Bertz CT molecular complexity index is 1520. The first-order chi connectivity index (χ1) is 20.3. The number of aromatic nitrogens is 1. The van der Waals surface area contributed by atoms with Crippen molar-refractivity contribution in [3.05, 3.63) is 90.2 Å². The molecule has 0 spiro atoms. The summed E-state index contributed by atoms with van der Waals surface area (Å²) < 4.78 is 65.1. The highest BCUT2D eigenvalue weighted by atomic mass is 19.4. The SMILES string of the molecule is CCOc1cc(OC(C)C)c(F)c(N(Cc2ncc(-c3ccccc3)o2)c2ccc(C(=N)N)cc2)c1.O=C(O)C(F)(F)F. The lowest BCUT2D eigenvalue weighted by atomic mass is 10.1. The van der Waals surface area contributed by atoms with Crippen LogP contribution in [0, 0.1) is 11.2 Å². The van der Waals surface area contributed by atoms with Gasteiger partial charge in [-0.1, -0.05) is 30.3 Å². The maximum absolute atomic E-state index is 15.8. The third-order valence-corrected chi connectivity index (χ3v) is 5.60. The predicted octanol–water partition coefficient (Wildman–Crippen LogP) is 6.92. The van der Waals surface area contributed by atoms with E-state index in [-0.39, 0.29) is 29.9 Å². The lowest BCUT2D eigenvalue weighted by Crippen LogP contribution is -2.21. The molecule has 13 heteroatoms. The molecule has 0 atom stereocenters. The van der Waals surface area contributed by atoms with Crippen LogP contribution in [0.5, 0.6) is 11.5 Å². The van der Waals surface area contributed by atoms with Crippen molar-refractivity contribution in [1.82, 2.24) is 4.98 Å². The average molecular weight is 603 g/mol. The Hall–Kier alpha value is -5.07. The second-order valence-electron chi connectivity index (χ2n) is 9.19. The Balaban J connectivity index is 0.000000646. The summed E-state index contributed by atoms with van der Waals surface area (Å²) in [5.41, 5.74) is 7.98. The molecule has 1 heterocycles. The fraction of sp³-hybridized carbons (Fsp3) is 0.233. The van der Waals surface area contributed by atoms with Gasteiger partial charge < -0.3 is 29.6 Å². The smallest absolute Gasteiger partial charge is 0.490 e. The Morgan fingerprint density at radius 2 is 1.74 bits per heavy atom. The first-order valence-electron chi connectivity index (χ1n) is 12.9. The van der Waals surface area contributed by atoms with Crippen molar-refractivity contribution in [3.63, 3.8) is 0 Å². The molecule has 0 aliphatic carbocycles. The molecule has 0 aliphatic rings. The highest BCUT2D eigenvalue weighted by Crippen LogP contribution is 2.38. The summed E-state index contributed by atoms with van der Waals surface area (Å²) in [7, 11) is 0. The maximum Gasteiger partial charge on any atom is 0.490 e. The molecule has 43 heavy (non-hydrogen) atoms. The molecule has 0 bridgehead atoms. The van der Waals surface area contributed by atoms with Crippen molar-refractivity contribution in [1.29, 1.82) is 5.41 Å². The second kappa shape index (κ2) is 14.2. The first-order valence-corrected chi connectivity index (χ1v) is 12.9. The number of rotatable bonds is 10. The number of carbonyl (C=O) groups is 1. The predicted molar refractivity (Wildman–Crippen MR) is 152 cm³/mol. The Labute approximate surface area is 245 Å². The molecule has 4 N–H and O–H groups in total. The number of ether oxygens (including phenoxy) is 2. The monoisotopic (exact) mass is 602 g/mol. The Morgan fingerprint density at radius 1 is 1.12 bits per heavy atom. The van der Waals surface area contributed by atoms with Crippen molar-refractivity contribution in [2.45, 2.75) is 39.6 Å². The first kappa shape index (κ1) is 32.4. The molecule has 0 saturated heterocycles. The molecule has 1 aromatic heterocycles. The summed E-state index contributed by atoms with van der Waals surface area (Å²) in [5.74, 6) is -1.75. The molecule has 0 aliphatic heterocycles. The molecule has 0 amide bonds. The van der Waals surface area contributed by atoms with E-state index in [1.165, 1.54) is 0 Å². The fourth-order valence-electron chi connectivity index (χ4n) is 3.74. The summed E-state index contributed by atoms with van der Waals surface area (Å²) in [4.78, 5) is 15.1. The quantitative estimate of drug-likeness (QED) is 0.101. The van der Waals surface area contributed by atoms with Crippen molar-refractivity contribution in [2.75, 3.05) is 11.5 Å². The minimum Gasteiger partial charge on any atom is -0.494 e. The summed E-state index contributed by atoms with van der Waals surface area (Å²) in [6, 6.07) is 19.8. The number of halogens is 4. The van der Waals surface area contributed by atoms with E-state index in [0.29, 0.717) is 35.3 Å². The van der Waals surface area contributed by atoms with Gasteiger partial charge in [-0.2, -0.15) is 13.2 Å². The van der Waals surface area contributed by atoms with Crippen LogP contribution in [0.1, 0.15) is 32.2 Å². The van der Waals surface area contributed by atoms with E-state index >= 15 is 4.39 Å². The number of benzene rings is 3. The van der Waals surface area contributed by atoms with Crippen LogP contribution >= 0.6 is 0 Å². The normalized spacial score (nSPS) is 11.0. The third-order valence-electron chi connectivity index (χ3n) is 5.60. The molecular weight excluding hydrogens is 572 g/mol. The average Bonchev–Trinajstić information content (AvgIpc) is 3.42. The number of aliphatic carboxylic acids is 1. The molecule has 228 valence electrons. The molecule has 9 nitrogen and oxygen atoms in total. The maximum atomic E-state index is 15.8. The van der Waals surface area contributed by atoms with Gasteiger partial charge in [0.15, 0.2) is 17.3 Å². The van der Waals surface area contributed by atoms with E-state index in [9.17, 15) is 13.2 Å². The van der Waals surface area contributed by atoms with E-state index < -0.39 is 18.0 Å². The molecular formula is C30H30F4N4O5. The van der Waals surface area contributed by atoms with Gasteiger partial charge in [0.05, 0.1) is 31.1 Å². The molecule has 0 fully saturated rings. The summed E-state index contributed by atoms with van der Waals surface area (Å²) >= 11 is 0. The van der Waals surface area contributed by atoms with E-state index in [4.69, 9.17) is 34.9 Å². The van der Waals surface area contributed by atoms with Crippen LogP contribution in [0.25, 0.3) is 11.3 Å². The van der Waals surface area contributed by atoms with Gasteiger partial charge in [0, 0.05) is 28.9 Å². The van der Waals surface area contributed by atoms with Crippen LogP contribution in [0.15, 0.2) is 77.3 Å². The van der Waals surface area contributed by atoms with Crippen LogP contribution in [0.4, 0.5) is 28.9 Å². The van der Waals surface area contributed by atoms with Crippen LogP contribution in [0.3, 0.4) is 0 Å². The lowest BCUT2D eigenvalue weighted by Gasteiger charge is -2.26. The van der Waals surface area contributed by atoms with E-state index in [1.807, 2.05) is 51.1 Å². The van der Waals surface area contributed by atoms with Gasteiger partial charge in [0.2, 0.25) is 5.89 Å². The number of amidine groups is 1. The number of hydrogen-bond donors (Lipinski definition) is 3. The molecule has 4 aromatic rings. The zero-order valence-electron chi connectivity index (χ0n) is 23.5. The van der Waals surface area contributed by atoms with E-state index in [2.05, 4.69) is 4.98 Å². The number of carboxylic acids is 1. The van der Waals surface area contributed by atoms with E-state index in [1.54, 1.807) is 47.5 Å². The lowest BCUT2D eigenvalue weighted by molar-refractivity contribution is -0.192. The zero-order chi connectivity index (χ0) is 31.7. The van der Waals surface area contributed by atoms with Crippen molar-refractivity contribution in [3.8, 4) is 22.8 Å². The number of nitrogen functional groups attached to an aromatic ring is 1. The number of nitrogens with two attached hydrogens (primary N) is 1. The van der Waals surface area contributed by atoms with Gasteiger partial charge in [-0.3, -0.25) is 5.41 Å². The Morgan fingerprint density at radius 3 is 2.28 bits per heavy atom. The number of anilines is 2. The molecule has 3 aromatic carbocycles. The van der Waals surface area contributed by atoms with Crippen molar-refractivity contribution >= 4 is 23.2 Å². The number of alkyl halides is 3. The van der Waals surface area contributed by atoms with Crippen LogP contribution in [0.2, 0.25) is 0 Å². The fourth-order valence-corrected chi connectivity index (χ4v) is 3.74. The summed E-state index contributed by atoms with van der Waals surface area (Å²) in [6.45, 7) is 6.09. The van der Waals surface area contributed by atoms with Gasteiger partial charge in [-0.15, -0.1) is 0 Å². The van der Waals surface area contributed by atoms with Crippen LogP contribution < -0.4 is 20.1 Å². The molecule has 4 rings (SSSR count). The Kier molecular flexibility index (Phi) is 10.7. The van der Waals surface area contributed by atoms with Crippen molar-refractivity contribution < 1.29 is 41.4 Å². The standard InChI is InChI=1S/C28H29FN4O3.C2HF3O2/c1-4-34-22-14-23(27(29)24(15-22)35-18(2)3)33(21-12-10-20(11-13-21)28(30)31)17-26-32-16-25(36-26)19-8-6-5-7-9-19;3-2(4,5)1(6)7/h5-16,18H,4,17H2,1-3H3,(H3,30,31);(H,6,7). The van der Waals surface area contributed by atoms with Gasteiger partial charge in [-0.25, -0.2) is 14.2 Å². The minimum absolute atomic E-state index is 0.0505. The van der Waals surface area contributed by atoms with Gasteiger partial charge in [-0.05, 0) is 45.0 Å². The molecule has 0 unspecified atom stereocenters. The van der Waals surface area contributed by atoms with Crippen molar-refractivity contribution in [2.24, 2.45) is 5.73 Å².